The van der Waals surface area contributed by atoms with Crippen LogP contribution >= 0.6 is 0 Å². The number of nitrogens with one attached hydrogen (secondary N) is 1. The summed E-state index contributed by atoms with van der Waals surface area (Å²) in [5.74, 6) is -3.56. The number of rotatable bonds is 2. The molecule has 1 fully saturated rings. The minimum Gasteiger partial charge on any atom is -0.314 e. The van der Waals surface area contributed by atoms with Gasteiger partial charge in [0.2, 0.25) is 5.91 Å². The first-order valence-electron chi connectivity index (χ1n) is 5.87. The van der Waals surface area contributed by atoms with E-state index in [1.165, 1.54) is 11.9 Å². The number of carbonyl (C=O) groups excluding carboxylic acids is 1. The normalized spacial score (nSPS) is 21.9. The average Bonchev–Trinajstić information content (AvgIpc) is 2.67. The Morgan fingerprint density at radius 3 is 2.78 bits per heavy atom. The van der Waals surface area contributed by atoms with Crippen molar-refractivity contribution in [2.45, 2.75) is 25.3 Å². The maximum atomic E-state index is 13.5. The van der Waals surface area contributed by atoms with E-state index in [0.717, 1.165) is 5.56 Å². The summed E-state index contributed by atoms with van der Waals surface area (Å²) in [6, 6.07) is 5.81. The van der Waals surface area contributed by atoms with Crippen molar-refractivity contribution in [3.8, 4) is 0 Å². The summed E-state index contributed by atoms with van der Waals surface area (Å²) in [6.07, 6.45) is -0.287. The molecule has 1 unspecified atom stereocenters. The van der Waals surface area contributed by atoms with Gasteiger partial charge in [-0.3, -0.25) is 4.79 Å². The number of carbonyl (C=O) groups is 1. The molecule has 3 nitrogen and oxygen atoms in total. The third kappa shape index (κ3) is 2.36. The Balaban J connectivity index is 2.19. The zero-order valence-corrected chi connectivity index (χ0v) is 10.4. The monoisotopic (exact) mass is 254 g/mol. The van der Waals surface area contributed by atoms with E-state index in [1.807, 2.05) is 13.0 Å². The number of alkyl halides is 2. The highest BCUT2D eigenvalue weighted by molar-refractivity contribution is 5.97. The van der Waals surface area contributed by atoms with E-state index in [9.17, 15) is 13.6 Å². The number of anilines is 1. The van der Waals surface area contributed by atoms with Crippen molar-refractivity contribution in [2.75, 3.05) is 18.5 Å². The third-order valence-corrected chi connectivity index (χ3v) is 3.20. The first-order chi connectivity index (χ1) is 8.42. The minimum atomic E-state index is -2.96. The lowest BCUT2D eigenvalue weighted by atomic mass is 10.1. The van der Waals surface area contributed by atoms with Crippen molar-refractivity contribution in [1.82, 2.24) is 5.32 Å². The molecule has 1 atom stereocenters. The molecule has 5 heteroatoms. The van der Waals surface area contributed by atoms with Gasteiger partial charge in [-0.15, -0.1) is 0 Å². The second kappa shape index (κ2) is 4.65. The van der Waals surface area contributed by atoms with Crippen LogP contribution in [0.3, 0.4) is 0 Å². The van der Waals surface area contributed by atoms with Crippen molar-refractivity contribution in [2.24, 2.45) is 0 Å². The van der Waals surface area contributed by atoms with E-state index >= 15 is 0 Å². The first kappa shape index (κ1) is 13.0. The van der Waals surface area contributed by atoms with Crippen LogP contribution in [-0.4, -0.2) is 31.5 Å². The highest BCUT2D eigenvalue weighted by Gasteiger charge is 2.49. The molecule has 0 aliphatic carbocycles. The van der Waals surface area contributed by atoms with E-state index in [4.69, 9.17) is 0 Å². The lowest BCUT2D eigenvalue weighted by Gasteiger charge is -2.25. The van der Waals surface area contributed by atoms with Gasteiger partial charge in [0.15, 0.2) is 6.04 Å². The average molecular weight is 254 g/mol. The molecule has 2 rings (SSSR count). The van der Waals surface area contributed by atoms with Crippen LogP contribution in [0.2, 0.25) is 0 Å². The van der Waals surface area contributed by atoms with Gasteiger partial charge in [-0.1, -0.05) is 12.1 Å². The molecule has 1 heterocycles. The summed E-state index contributed by atoms with van der Waals surface area (Å²) in [6.45, 7) is 2.06. The third-order valence-electron chi connectivity index (χ3n) is 3.20. The van der Waals surface area contributed by atoms with Crippen LogP contribution in [0.1, 0.15) is 12.0 Å². The molecule has 1 amide bonds. The van der Waals surface area contributed by atoms with Gasteiger partial charge in [-0.2, -0.15) is 0 Å². The zero-order chi connectivity index (χ0) is 13.3. The number of likely N-dealkylation sites (N-methyl/N-ethyl adjacent to an activating group) is 1. The molecule has 1 aromatic carbocycles. The molecule has 1 N–H and O–H groups in total. The van der Waals surface area contributed by atoms with E-state index in [-0.39, 0.29) is 13.0 Å². The summed E-state index contributed by atoms with van der Waals surface area (Å²) < 4.78 is 27.0. The Kier molecular flexibility index (Phi) is 3.34. The molecule has 0 aromatic heterocycles. The predicted octanol–water partition coefficient (Wildman–Crippen LogP) is 1.96. The molecule has 98 valence electrons. The fraction of sp³-hybridized carbons (Fsp3) is 0.462. The summed E-state index contributed by atoms with van der Waals surface area (Å²) in [5, 5.41) is 2.57. The number of hydrogen-bond donors (Lipinski definition) is 1. The molecule has 1 saturated heterocycles. The van der Waals surface area contributed by atoms with Gasteiger partial charge in [0.25, 0.3) is 5.92 Å². The molecule has 18 heavy (non-hydrogen) atoms. The van der Waals surface area contributed by atoms with Crippen LogP contribution < -0.4 is 10.2 Å². The fourth-order valence-corrected chi connectivity index (χ4v) is 2.10. The van der Waals surface area contributed by atoms with Crippen molar-refractivity contribution in [1.29, 1.82) is 0 Å². The first-order valence-corrected chi connectivity index (χ1v) is 5.87. The largest absolute Gasteiger partial charge is 0.314 e. The van der Waals surface area contributed by atoms with E-state index in [0.29, 0.717) is 5.69 Å². The molecule has 0 radical (unpaired) electrons. The van der Waals surface area contributed by atoms with Crippen molar-refractivity contribution >= 4 is 11.6 Å². The number of aryl methyl sites for hydroxylation is 1. The summed E-state index contributed by atoms with van der Waals surface area (Å²) in [5.41, 5.74) is 1.61. The van der Waals surface area contributed by atoms with Crippen LogP contribution in [0.25, 0.3) is 0 Å². The molecule has 0 spiro atoms. The highest BCUT2D eigenvalue weighted by atomic mass is 19.3. The van der Waals surface area contributed by atoms with Crippen molar-refractivity contribution in [3.63, 3.8) is 0 Å². The topological polar surface area (TPSA) is 32.3 Å². The maximum Gasteiger partial charge on any atom is 0.273 e. The number of benzene rings is 1. The van der Waals surface area contributed by atoms with Gasteiger partial charge < -0.3 is 10.2 Å². The second-order valence-corrected chi connectivity index (χ2v) is 4.63. The molecule has 1 aromatic rings. The van der Waals surface area contributed by atoms with Gasteiger partial charge in [-0.05, 0) is 24.6 Å². The van der Waals surface area contributed by atoms with Crippen LogP contribution in [0.5, 0.6) is 0 Å². The maximum absolute atomic E-state index is 13.5. The minimum absolute atomic E-state index is 0.172. The highest BCUT2D eigenvalue weighted by Crippen LogP contribution is 2.29. The van der Waals surface area contributed by atoms with Gasteiger partial charge in [0, 0.05) is 25.7 Å². The van der Waals surface area contributed by atoms with E-state index in [2.05, 4.69) is 5.32 Å². The van der Waals surface area contributed by atoms with Crippen molar-refractivity contribution < 1.29 is 13.6 Å². The van der Waals surface area contributed by atoms with Gasteiger partial charge in [0.1, 0.15) is 0 Å². The van der Waals surface area contributed by atoms with E-state index in [1.54, 1.807) is 18.2 Å². The van der Waals surface area contributed by atoms with Crippen LogP contribution in [0.4, 0.5) is 14.5 Å². The number of hydrogen-bond acceptors (Lipinski definition) is 2. The predicted molar refractivity (Wildman–Crippen MR) is 65.9 cm³/mol. The molecular weight excluding hydrogens is 238 g/mol. The number of nitrogens with zero attached hydrogens (tertiary/aromatic N) is 1. The second-order valence-electron chi connectivity index (χ2n) is 4.63. The molecule has 1 aliphatic rings. The lowest BCUT2D eigenvalue weighted by molar-refractivity contribution is -0.127. The number of halogens is 2. The van der Waals surface area contributed by atoms with Crippen LogP contribution in [0, 0.1) is 6.92 Å². The standard InChI is InChI=1S/C13H16F2N2O/c1-9-4-3-5-10(8-9)17(2)12(18)11-13(14,15)6-7-16-11/h3-5,8,11,16H,6-7H2,1-2H3. The summed E-state index contributed by atoms with van der Waals surface area (Å²) in [7, 11) is 1.52. The van der Waals surface area contributed by atoms with Gasteiger partial charge >= 0.3 is 0 Å². The quantitative estimate of drug-likeness (QED) is 0.875. The SMILES string of the molecule is Cc1cccc(N(C)C(=O)C2NCCC2(F)F)c1. The summed E-state index contributed by atoms with van der Waals surface area (Å²) in [4.78, 5) is 13.3. The van der Waals surface area contributed by atoms with Gasteiger partial charge in [-0.25, -0.2) is 8.78 Å². The molecule has 0 saturated carbocycles. The molecule has 1 aliphatic heterocycles. The van der Waals surface area contributed by atoms with Crippen molar-refractivity contribution in [3.05, 3.63) is 29.8 Å². The Morgan fingerprint density at radius 2 is 2.22 bits per heavy atom. The lowest BCUT2D eigenvalue weighted by Crippen LogP contribution is -2.49. The zero-order valence-electron chi connectivity index (χ0n) is 10.4. The Bertz CT molecular complexity index is 462. The molecular formula is C13H16F2N2O. The van der Waals surface area contributed by atoms with Gasteiger partial charge in [0.05, 0.1) is 0 Å². The Morgan fingerprint density at radius 1 is 1.50 bits per heavy atom. The van der Waals surface area contributed by atoms with Crippen LogP contribution in [0.15, 0.2) is 24.3 Å². The Hall–Kier alpha value is -1.49. The molecule has 0 bridgehead atoms. The Labute approximate surface area is 105 Å². The summed E-state index contributed by atoms with van der Waals surface area (Å²) >= 11 is 0. The fourth-order valence-electron chi connectivity index (χ4n) is 2.10. The van der Waals surface area contributed by atoms with Crippen LogP contribution in [-0.2, 0) is 4.79 Å². The number of amides is 1. The smallest absolute Gasteiger partial charge is 0.273 e. The van der Waals surface area contributed by atoms with E-state index < -0.39 is 17.9 Å².